The molecule has 0 unspecified atom stereocenters. The van der Waals surface area contributed by atoms with Gasteiger partial charge in [-0.3, -0.25) is 0 Å². The third-order valence-corrected chi connectivity index (χ3v) is 11.2. The van der Waals surface area contributed by atoms with Crippen molar-refractivity contribution in [3.05, 3.63) is 158 Å². The molecule has 0 bridgehead atoms. The van der Waals surface area contributed by atoms with Gasteiger partial charge in [-0.1, -0.05) is 127 Å². The zero-order valence-electron chi connectivity index (χ0n) is 26.7. The van der Waals surface area contributed by atoms with Crippen LogP contribution in [0.25, 0.3) is 108 Å². The highest BCUT2D eigenvalue weighted by molar-refractivity contribution is 7.26. The van der Waals surface area contributed by atoms with E-state index in [1.54, 1.807) is 11.3 Å². The summed E-state index contributed by atoms with van der Waals surface area (Å²) in [6.07, 6.45) is 0. The van der Waals surface area contributed by atoms with E-state index in [-0.39, 0.29) is 0 Å². The maximum Gasteiger partial charge on any atom is 0.161 e. The van der Waals surface area contributed by atoms with Crippen LogP contribution in [0.5, 0.6) is 0 Å². The minimum atomic E-state index is 0.690. The molecule has 3 heterocycles. The Bertz CT molecular complexity index is 3120. The molecule has 3 nitrogen and oxygen atoms in total. The van der Waals surface area contributed by atoms with Gasteiger partial charge in [0, 0.05) is 32.0 Å². The molecular formula is C46H26N2OS. The molecule has 0 amide bonds. The molecule has 0 N–H and O–H groups in total. The lowest BCUT2D eigenvalue weighted by atomic mass is 9.91. The van der Waals surface area contributed by atoms with Gasteiger partial charge in [0.15, 0.2) is 5.82 Å². The van der Waals surface area contributed by atoms with Crippen LogP contribution in [0.15, 0.2) is 162 Å². The van der Waals surface area contributed by atoms with E-state index in [2.05, 4.69) is 140 Å². The molecule has 11 rings (SSSR count). The van der Waals surface area contributed by atoms with Crippen LogP contribution in [0.1, 0.15) is 0 Å². The average molecular weight is 655 g/mol. The van der Waals surface area contributed by atoms with E-state index >= 15 is 0 Å². The van der Waals surface area contributed by atoms with Gasteiger partial charge in [0.25, 0.3) is 0 Å². The van der Waals surface area contributed by atoms with Gasteiger partial charge in [-0.05, 0) is 73.8 Å². The normalized spacial score (nSPS) is 12.0. The van der Waals surface area contributed by atoms with Crippen molar-refractivity contribution in [2.24, 2.45) is 0 Å². The van der Waals surface area contributed by atoms with Gasteiger partial charge in [-0.2, -0.15) is 0 Å². The van der Waals surface area contributed by atoms with Crippen molar-refractivity contribution in [1.29, 1.82) is 0 Å². The molecule has 0 fully saturated rings. The molecule has 0 aliphatic heterocycles. The Morgan fingerprint density at radius 3 is 1.80 bits per heavy atom. The molecule has 0 saturated carbocycles. The standard InChI is InChI=1S/C46H26N2OS/c1-2-12-27(13-3-1)43-45-44(36-19-9-11-21-41(36)50-45)48-46(47-43)38-25-29(26-40-42(38)35-18-8-10-20-39(35)49-40)28-22-23-34-32-16-5-4-14-30(32)31-15-6-7-17-33(31)37(34)24-28/h1-26H. The fraction of sp³-hybridized carbons (Fsp3) is 0. The number of hydrogen-bond acceptors (Lipinski definition) is 4. The number of rotatable bonds is 3. The summed E-state index contributed by atoms with van der Waals surface area (Å²) in [5, 5.41) is 10.8. The van der Waals surface area contributed by atoms with Gasteiger partial charge in [0.2, 0.25) is 0 Å². The Hall–Kier alpha value is -6.36. The van der Waals surface area contributed by atoms with E-state index in [1.165, 1.54) is 37.0 Å². The summed E-state index contributed by atoms with van der Waals surface area (Å²) in [4.78, 5) is 10.8. The van der Waals surface area contributed by atoms with E-state index < -0.39 is 0 Å². The van der Waals surface area contributed by atoms with Crippen LogP contribution in [-0.4, -0.2) is 9.97 Å². The highest BCUT2D eigenvalue weighted by Crippen LogP contribution is 2.44. The Morgan fingerprint density at radius 1 is 0.420 bits per heavy atom. The van der Waals surface area contributed by atoms with Gasteiger partial charge in [0.1, 0.15) is 11.2 Å². The van der Waals surface area contributed by atoms with Gasteiger partial charge in [0.05, 0.1) is 15.9 Å². The molecule has 0 spiro atoms. The summed E-state index contributed by atoms with van der Waals surface area (Å²) in [6, 6.07) is 56.0. The van der Waals surface area contributed by atoms with Gasteiger partial charge in [-0.15, -0.1) is 11.3 Å². The van der Waals surface area contributed by atoms with Crippen molar-refractivity contribution in [2.45, 2.75) is 0 Å². The summed E-state index contributed by atoms with van der Waals surface area (Å²) in [7, 11) is 0. The summed E-state index contributed by atoms with van der Waals surface area (Å²) >= 11 is 1.75. The molecule has 4 heteroatoms. The predicted molar refractivity (Wildman–Crippen MR) is 211 cm³/mol. The Morgan fingerprint density at radius 2 is 1.04 bits per heavy atom. The van der Waals surface area contributed by atoms with Crippen molar-refractivity contribution >= 4 is 85.9 Å². The molecule has 0 aliphatic carbocycles. The average Bonchev–Trinajstić information content (AvgIpc) is 3.76. The first-order valence-electron chi connectivity index (χ1n) is 16.8. The largest absolute Gasteiger partial charge is 0.456 e. The number of aromatic nitrogens is 2. The van der Waals surface area contributed by atoms with Crippen LogP contribution in [-0.2, 0) is 0 Å². The number of para-hydroxylation sites is 1. The number of nitrogens with zero attached hydrogens (tertiary/aromatic N) is 2. The minimum absolute atomic E-state index is 0.690. The molecule has 3 aromatic heterocycles. The molecule has 0 saturated heterocycles. The highest BCUT2D eigenvalue weighted by atomic mass is 32.1. The Kier molecular flexibility index (Phi) is 5.83. The highest BCUT2D eigenvalue weighted by Gasteiger charge is 2.21. The van der Waals surface area contributed by atoms with Crippen LogP contribution in [0.3, 0.4) is 0 Å². The van der Waals surface area contributed by atoms with Gasteiger partial charge >= 0.3 is 0 Å². The lowest BCUT2D eigenvalue weighted by Gasteiger charge is -2.13. The number of benzene rings is 8. The molecule has 8 aromatic carbocycles. The lowest BCUT2D eigenvalue weighted by molar-refractivity contribution is 0.669. The first kappa shape index (κ1) is 27.6. The third-order valence-electron chi connectivity index (χ3n) is 10.1. The second-order valence-corrected chi connectivity index (χ2v) is 13.9. The van der Waals surface area contributed by atoms with Gasteiger partial charge in [-0.25, -0.2) is 9.97 Å². The molecule has 0 radical (unpaired) electrons. The van der Waals surface area contributed by atoms with Crippen LogP contribution in [0.2, 0.25) is 0 Å². The third kappa shape index (κ3) is 4.03. The maximum atomic E-state index is 6.60. The number of furan rings is 1. The van der Waals surface area contributed by atoms with E-state index in [0.29, 0.717) is 5.82 Å². The second kappa shape index (κ2) is 10.6. The minimum Gasteiger partial charge on any atom is -0.456 e. The smallest absolute Gasteiger partial charge is 0.161 e. The summed E-state index contributed by atoms with van der Waals surface area (Å²) in [5.41, 5.74) is 7.81. The summed E-state index contributed by atoms with van der Waals surface area (Å²) in [5.74, 6) is 0.690. The van der Waals surface area contributed by atoms with E-state index in [9.17, 15) is 0 Å². The van der Waals surface area contributed by atoms with Crippen LogP contribution in [0, 0.1) is 0 Å². The number of fused-ring (bicyclic) bond motifs is 12. The molecule has 0 aliphatic rings. The zero-order chi connectivity index (χ0) is 32.8. The molecule has 232 valence electrons. The van der Waals surface area contributed by atoms with Crippen LogP contribution >= 0.6 is 11.3 Å². The van der Waals surface area contributed by atoms with E-state index in [0.717, 1.165) is 65.5 Å². The van der Waals surface area contributed by atoms with Gasteiger partial charge < -0.3 is 4.42 Å². The van der Waals surface area contributed by atoms with Crippen molar-refractivity contribution in [1.82, 2.24) is 9.97 Å². The fourth-order valence-corrected chi connectivity index (χ4v) is 8.94. The topological polar surface area (TPSA) is 38.9 Å². The summed E-state index contributed by atoms with van der Waals surface area (Å²) in [6.45, 7) is 0. The monoisotopic (exact) mass is 654 g/mol. The maximum absolute atomic E-state index is 6.60. The lowest BCUT2D eigenvalue weighted by Crippen LogP contribution is -1.95. The van der Waals surface area contributed by atoms with Crippen LogP contribution < -0.4 is 0 Å². The number of hydrogen-bond donors (Lipinski definition) is 0. The zero-order valence-corrected chi connectivity index (χ0v) is 27.5. The van der Waals surface area contributed by atoms with Crippen molar-refractivity contribution in [3.63, 3.8) is 0 Å². The van der Waals surface area contributed by atoms with Crippen molar-refractivity contribution in [2.75, 3.05) is 0 Å². The quantitative estimate of drug-likeness (QED) is 0.178. The first-order chi connectivity index (χ1) is 24.8. The van der Waals surface area contributed by atoms with E-state index in [4.69, 9.17) is 14.4 Å². The van der Waals surface area contributed by atoms with Crippen molar-refractivity contribution in [3.8, 4) is 33.8 Å². The Balaban J connectivity index is 1.23. The first-order valence-corrected chi connectivity index (χ1v) is 17.6. The number of thiophene rings is 1. The SMILES string of the molecule is c1ccc(-c2nc(-c3cc(-c4ccc5c6ccccc6c6ccccc6c5c4)cc4oc5ccccc5c34)nc3c2sc2ccccc23)cc1. The molecule has 0 atom stereocenters. The molecule has 50 heavy (non-hydrogen) atoms. The van der Waals surface area contributed by atoms with Crippen LogP contribution in [0.4, 0.5) is 0 Å². The predicted octanol–water partition coefficient (Wildman–Crippen LogP) is 13.2. The van der Waals surface area contributed by atoms with Crippen molar-refractivity contribution < 1.29 is 4.42 Å². The molecular weight excluding hydrogens is 629 g/mol. The second-order valence-electron chi connectivity index (χ2n) is 12.9. The van der Waals surface area contributed by atoms with E-state index in [1.807, 2.05) is 18.2 Å². The summed E-state index contributed by atoms with van der Waals surface area (Å²) < 4.78 is 8.90. The fourth-order valence-electron chi connectivity index (χ4n) is 7.79. The Labute approximate surface area is 290 Å². The molecule has 11 aromatic rings.